The van der Waals surface area contributed by atoms with Gasteiger partial charge in [-0.25, -0.2) is 13.2 Å². The molecule has 6 heteroatoms. The average Bonchev–Trinajstić information content (AvgIpc) is 2.26. The topological polar surface area (TPSA) is 52.3 Å². The molecule has 1 aromatic carbocycles. The summed E-state index contributed by atoms with van der Waals surface area (Å²) in [7, 11) is 1.15. The van der Waals surface area contributed by atoms with E-state index in [1.807, 2.05) is 0 Å². The van der Waals surface area contributed by atoms with Crippen LogP contribution in [0.2, 0.25) is 0 Å². The van der Waals surface area contributed by atoms with Crippen LogP contribution in [0.25, 0.3) is 0 Å². The highest BCUT2D eigenvalue weighted by Crippen LogP contribution is 2.29. The standard InChI is InChI=1S/C11H12F3NO2/c1-5(15)9(16)7-3-6(11(13)14)4-8(12)10(7)17-2/h3-5,11H,15H2,1-2H3. The second-order valence-corrected chi connectivity index (χ2v) is 3.54. The molecule has 1 atom stereocenters. The van der Waals surface area contributed by atoms with Crippen molar-refractivity contribution in [2.45, 2.75) is 19.4 Å². The van der Waals surface area contributed by atoms with E-state index in [0.29, 0.717) is 6.07 Å². The number of rotatable bonds is 4. The van der Waals surface area contributed by atoms with E-state index in [9.17, 15) is 18.0 Å². The molecule has 3 nitrogen and oxygen atoms in total. The van der Waals surface area contributed by atoms with Crippen LogP contribution in [0, 0.1) is 5.82 Å². The summed E-state index contributed by atoms with van der Waals surface area (Å²) in [6.07, 6.45) is -2.87. The van der Waals surface area contributed by atoms with Crippen LogP contribution >= 0.6 is 0 Å². The van der Waals surface area contributed by atoms with Crippen LogP contribution in [-0.4, -0.2) is 18.9 Å². The lowest BCUT2D eigenvalue weighted by atomic mass is 10.0. The molecule has 0 saturated heterocycles. The summed E-state index contributed by atoms with van der Waals surface area (Å²) in [6.45, 7) is 1.38. The number of alkyl halides is 2. The Hall–Kier alpha value is -1.56. The minimum atomic E-state index is -2.87. The first kappa shape index (κ1) is 13.5. The van der Waals surface area contributed by atoms with Gasteiger partial charge in [0, 0.05) is 5.56 Å². The number of Topliss-reactive ketones (excluding diaryl/α,β-unsaturated/α-hetero) is 1. The number of carbonyl (C=O) groups is 1. The number of hydrogen-bond acceptors (Lipinski definition) is 3. The highest BCUT2D eigenvalue weighted by molar-refractivity contribution is 6.02. The molecular formula is C11H12F3NO2. The fourth-order valence-electron chi connectivity index (χ4n) is 1.38. The van der Waals surface area contributed by atoms with Gasteiger partial charge >= 0.3 is 0 Å². The Kier molecular flexibility index (Phi) is 4.11. The van der Waals surface area contributed by atoms with Crippen molar-refractivity contribution < 1.29 is 22.7 Å². The Morgan fingerprint density at radius 1 is 1.41 bits per heavy atom. The Labute approximate surface area is 96.4 Å². The van der Waals surface area contributed by atoms with E-state index in [1.54, 1.807) is 0 Å². The van der Waals surface area contributed by atoms with Crippen molar-refractivity contribution in [3.05, 3.63) is 29.1 Å². The van der Waals surface area contributed by atoms with Crippen LogP contribution in [0.4, 0.5) is 13.2 Å². The average molecular weight is 247 g/mol. The molecule has 0 spiro atoms. The largest absolute Gasteiger partial charge is 0.493 e. The van der Waals surface area contributed by atoms with E-state index in [2.05, 4.69) is 4.74 Å². The number of nitrogens with two attached hydrogens (primary N) is 1. The molecule has 1 aromatic rings. The fourth-order valence-corrected chi connectivity index (χ4v) is 1.38. The zero-order valence-corrected chi connectivity index (χ0v) is 9.34. The summed E-state index contributed by atoms with van der Waals surface area (Å²) in [6, 6.07) is 0.621. The molecule has 0 fully saturated rings. The van der Waals surface area contributed by atoms with Gasteiger partial charge < -0.3 is 10.5 Å². The van der Waals surface area contributed by atoms with E-state index in [0.717, 1.165) is 13.2 Å². The quantitative estimate of drug-likeness (QED) is 0.830. The van der Waals surface area contributed by atoms with Crippen LogP contribution in [0.15, 0.2) is 12.1 Å². The fraction of sp³-hybridized carbons (Fsp3) is 0.364. The van der Waals surface area contributed by atoms with E-state index in [1.165, 1.54) is 6.92 Å². The number of methoxy groups -OCH3 is 1. The van der Waals surface area contributed by atoms with Gasteiger partial charge in [-0.05, 0) is 19.1 Å². The van der Waals surface area contributed by atoms with Gasteiger partial charge in [-0.3, -0.25) is 4.79 Å². The van der Waals surface area contributed by atoms with Crippen molar-refractivity contribution >= 4 is 5.78 Å². The molecule has 94 valence electrons. The second-order valence-electron chi connectivity index (χ2n) is 3.54. The normalized spacial score (nSPS) is 12.6. The summed E-state index contributed by atoms with van der Waals surface area (Å²) in [4.78, 5) is 11.6. The number of ether oxygens (including phenoxy) is 1. The first-order valence-electron chi connectivity index (χ1n) is 4.83. The zero-order chi connectivity index (χ0) is 13.2. The molecule has 17 heavy (non-hydrogen) atoms. The number of carbonyl (C=O) groups excluding carboxylic acids is 1. The molecule has 1 rings (SSSR count). The third-order valence-electron chi connectivity index (χ3n) is 2.20. The molecular weight excluding hydrogens is 235 g/mol. The molecule has 0 saturated carbocycles. The van der Waals surface area contributed by atoms with Crippen molar-refractivity contribution in [1.82, 2.24) is 0 Å². The molecule has 2 N–H and O–H groups in total. The second kappa shape index (κ2) is 5.18. The lowest BCUT2D eigenvalue weighted by Gasteiger charge is -2.12. The molecule has 0 aliphatic heterocycles. The van der Waals surface area contributed by atoms with Crippen molar-refractivity contribution in [2.24, 2.45) is 5.73 Å². The lowest BCUT2D eigenvalue weighted by molar-refractivity contribution is 0.0963. The van der Waals surface area contributed by atoms with Crippen molar-refractivity contribution in [1.29, 1.82) is 0 Å². The van der Waals surface area contributed by atoms with Gasteiger partial charge in [0.2, 0.25) is 0 Å². The molecule has 1 unspecified atom stereocenters. The monoisotopic (exact) mass is 247 g/mol. The lowest BCUT2D eigenvalue weighted by Crippen LogP contribution is -2.27. The maximum absolute atomic E-state index is 13.4. The smallest absolute Gasteiger partial charge is 0.263 e. The van der Waals surface area contributed by atoms with Crippen LogP contribution in [0.1, 0.15) is 29.3 Å². The van der Waals surface area contributed by atoms with Gasteiger partial charge in [-0.2, -0.15) is 0 Å². The Bertz CT molecular complexity index is 433. The predicted molar refractivity (Wildman–Crippen MR) is 55.9 cm³/mol. The summed E-state index contributed by atoms with van der Waals surface area (Å²) in [5, 5.41) is 0. The van der Waals surface area contributed by atoms with E-state index < -0.39 is 29.6 Å². The maximum atomic E-state index is 13.4. The van der Waals surface area contributed by atoms with Crippen molar-refractivity contribution in [3.63, 3.8) is 0 Å². The molecule has 0 aliphatic rings. The highest BCUT2D eigenvalue weighted by Gasteiger charge is 2.22. The first-order valence-corrected chi connectivity index (χ1v) is 4.83. The maximum Gasteiger partial charge on any atom is 0.263 e. The minimum Gasteiger partial charge on any atom is -0.493 e. The number of halogens is 3. The third kappa shape index (κ3) is 2.76. The number of ketones is 1. The van der Waals surface area contributed by atoms with Crippen molar-refractivity contribution in [2.75, 3.05) is 7.11 Å². The molecule has 0 bridgehead atoms. The predicted octanol–water partition coefficient (Wildman–Crippen LogP) is 2.30. The summed E-state index contributed by atoms with van der Waals surface area (Å²) in [5.41, 5.74) is 4.51. The van der Waals surface area contributed by atoms with E-state index >= 15 is 0 Å². The summed E-state index contributed by atoms with van der Waals surface area (Å²) in [5.74, 6) is -2.02. The van der Waals surface area contributed by atoms with Crippen LogP contribution in [0.5, 0.6) is 5.75 Å². The minimum absolute atomic E-state index is 0.266. The molecule has 0 amide bonds. The Morgan fingerprint density at radius 2 is 2.00 bits per heavy atom. The molecule has 0 aromatic heterocycles. The highest BCUT2D eigenvalue weighted by atomic mass is 19.3. The Balaban J connectivity index is 3.39. The van der Waals surface area contributed by atoms with Gasteiger partial charge in [-0.15, -0.1) is 0 Å². The molecule has 0 aliphatic carbocycles. The number of benzene rings is 1. The van der Waals surface area contributed by atoms with Crippen LogP contribution in [-0.2, 0) is 0 Å². The summed E-state index contributed by atoms with van der Waals surface area (Å²) < 4.78 is 43.1. The molecule has 0 heterocycles. The van der Waals surface area contributed by atoms with Crippen LogP contribution < -0.4 is 10.5 Å². The van der Waals surface area contributed by atoms with E-state index in [-0.39, 0.29) is 11.3 Å². The van der Waals surface area contributed by atoms with E-state index in [4.69, 9.17) is 5.73 Å². The number of hydrogen-bond donors (Lipinski definition) is 1. The first-order chi connectivity index (χ1) is 7.88. The third-order valence-corrected chi connectivity index (χ3v) is 2.20. The van der Waals surface area contributed by atoms with Gasteiger partial charge in [0.1, 0.15) is 0 Å². The van der Waals surface area contributed by atoms with Crippen LogP contribution in [0.3, 0.4) is 0 Å². The Morgan fingerprint density at radius 3 is 2.41 bits per heavy atom. The summed E-state index contributed by atoms with van der Waals surface area (Å²) >= 11 is 0. The van der Waals surface area contributed by atoms with Crippen molar-refractivity contribution in [3.8, 4) is 5.75 Å². The molecule has 0 radical (unpaired) electrons. The zero-order valence-electron chi connectivity index (χ0n) is 9.34. The SMILES string of the molecule is COc1c(F)cc(C(F)F)cc1C(=O)C(C)N. The van der Waals surface area contributed by atoms with Gasteiger partial charge in [0.15, 0.2) is 17.3 Å². The van der Waals surface area contributed by atoms with Gasteiger partial charge in [0.25, 0.3) is 6.43 Å². The van der Waals surface area contributed by atoms with Gasteiger partial charge in [-0.1, -0.05) is 0 Å². The van der Waals surface area contributed by atoms with Gasteiger partial charge in [0.05, 0.1) is 18.7 Å².